The number of anilines is 1. The number of halogens is 2. The highest BCUT2D eigenvalue weighted by atomic mass is 35.5. The summed E-state index contributed by atoms with van der Waals surface area (Å²) in [6.07, 6.45) is 0.284. The third-order valence-electron chi connectivity index (χ3n) is 3.91. The van der Waals surface area contributed by atoms with Crippen LogP contribution in [-0.2, 0) is 11.2 Å². The molecule has 1 aromatic heterocycles. The zero-order valence-corrected chi connectivity index (χ0v) is 14.6. The van der Waals surface area contributed by atoms with E-state index >= 15 is 0 Å². The molecule has 3 rings (SSSR count). The molecule has 8 heteroatoms. The van der Waals surface area contributed by atoms with E-state index in [1.54, 1.807) is 31.2 Å². The lowest BCUT2D eigenvalue weighted by Gasteiger charge is -2.22. The van der Waals surface area contributed by atoms with Crippen LogP contribution in [0.5, 0.6) is 0 Å². The predicted octanol–water partition coefficient (Wildman–Crippen LogP) is 3.32. The van der Waals surface area contributed by atoms with Gasteiger partial charge in [-0.3, -0.25) is 4.79 Å². The molecular weight excluding hydrogens is 363 g/mol. The molecule has 2 aromatic rings. The molecule has 0 unspecified atom stereocenters. The first-order valence-electron chi connectivity index (χ1n) is 7.31. The van der Waals surface area contributed by atoms with Crippen LogP contribution in [-0.4, -0.2) is 22.5 Å². The number of nitrogens with zero attached hydrogens (tertiary/aromatic N) is 3. The SMILES string of the molecule is C[C@]1(Cc2ccc(C#N)cc2)NC(=O)N(c2cc(Cl)nc(Cl)c2)C1=O. The first kappa shape index (κ1) is 17.2. The Labute approximate surface area is 154 Å². The van der Waals surface area contributed by atoms with Crippen LogP contribution in [0.15, 0.2) is 36.4 Å². The lowest BCUT2D eigenvalue weighted by molar-refractivity contribution is -0.121. The van der Waals surface area contributed by atoms with Crippen LogP contribution in [0.4, 0.5) is 10.5 Å². The minimum absolute atomic E-state index is 0.0868. The topological polar surface area (TPSA) is 86.1 Å². The molecule has 25 heavy (non-hydrogen) atoms. The fourth-order valence-electron chi connectivity index (χ4n) is 2.73. The van der Waals surface area contributed by atoms with Crippen molar-refractivity contribution in [2.24, 2.45) is 0 Å². The molecule has 1 aromatic carbocycles. The van der Waals surface area contributed by atoms with E-state index in [1.165, 1.54) is 12.1 Å². The van der Waals surface area contributed by atoms with Crippen molar-refractivity contribution >= 4 is 40.8 Å². The van der Waals surface area contributed by atoms with E-state index in [4.69, 9.17) is 28.5 Å². The summed E-state index contributed by atoms with van der Waals surface area (Å²) in [5.41, 5.74) is 0.491. The number of nitriles is 1. The Kier molecular flexibility index (Phi) is 4.38. The first-order valence-corrected chi connectivity index (χ1v) is 8.07. The van der Waals surface area contributed by atoms with Crippen LogP contribution in [0.3, 0.4) is 0 Å². The molecule has 3 amide bonds. The van der Waals surface area contributed by atoms with E-state index in [2.05, 4.69) is 10.3 Å². The maximum atomic E-state index is 12.9. The van der Waals surface area contributed by atoms with Gasteiger partial charge in [0.05, 0.1) is 17.3 Å². The zero-order chi connectivity index (χ0) is 18.2. The van der Waals surface area contributed by atoms with Gasteiger partial charge >= 0.3 is 6.03 Å². The summed E-state index contributed by atoms with van der Waals surface area (Å²) < 4.78 is 0. The average molecular weight is 375 g/mol. The second-order valence-corrected chi connectivity index (χ2v) is 6.63. The van der Waals surface area contributed by atoms with Crippen LogP contribution >= 0.6 is 23.2 Å². The van der Waals surface area contributed by atoms with E-state index in [0.29, 0.717) is 5.56 Å². The summed E-state index contributed by atoms with van der Waals surface area (Å²) in [7, 11) is 0. The van der Waals surface area contributed by atoms with Gasteiger partial charge in [0.15, 0.2) is 0 Å². The summed E-state index contributed by atoms with van der Waals surface area (Å²) in [6.45, 7) is 1.65. The molecular formula is C17H12Cl2N4O2. The number of hydrogen-bond acceptors (Lipinski definition) is 4. The quantitative estimate of drug-likeness (QED) is 0.659. The van der Waals surface area contributed by atoms with Gasteiger partial charge in [-0.1, -0.05) is 35.3 Å². The van der Waals surface area contributed by atoms with Crippen LogP contribution in [0, 0.1) is 11.3 Å². The van der Waals surface area contributed by atoms with Gasteiger partial charge in [-0.25, -0.2) is 14.7 Å². The molecule has 0 spiro atoms. The molecule has 1 atom stereocenters. The maximum Gasteiger partial charge on any atom is 0.329 e. The van der Waals surface area contributed by atoms with Crippen LogP contribution in [0.1, 0.15) is 18.1 Å². The van der Waals surface area contributed by atoms with Gasteiger partial charge in [0.1, 0.15) is 15.8 Å². The smallest absolute Gasteiger partial charge is 0.323 e. The van der Waals surface area contributed by atoms with Crippen LogP contribution < -0.4 is 10.2 Å². The number of carbonyl (C=O) groups is 2. The number of hydrogen-bond donors (Lipinski definition) is 1. The van der Waals surface area contributed by atoms with Crippen molar-refractivity contribution < 1.29 is 9.59 Å². The molecule has 126 valence electrons. The van der Waals surface area contributed by atoms with E-state index in [1.807, 2.05) is 6.07 Å². The highest BCUT2D eigenvalue weighted by Gasteiger charge is 2.48. The predicted molar refractivity (Wildman–Crippen MR) is 93.5 cm³/mol. The third kappa shape index (κ3) is 3.29. The van der Waals surface area contributed by atoms with Gasteiger partial charge in [-0.05, 0) is 36.8 Å². The normalized spacial score (nSPS) is 19.7. The van der Waals surface area contributed by atoms with Gasteiger partial charge in [0, 0.05) is 6.42 Å². The molecule has 0 aliphatic carbocycles. The largest absolute Gasteiger partial charge is 0.329 e. The highest BCUT2D eigenvalue weighted by molar-refractivity contribution is 6.33. The standard InChI is InChI=1S/C17H12Cl2N4O2/c1-17(8-10-2-4-11(9-20)5-3-10)15(24)23(16(25)22-17)12-6-13(18)21-14(19)7-12/h2-7H,8H2,1H3,(H,22,25)/t17-/m1/s1. The lowest BCUT2D eigenvalue weighted by Crippen LogP contribution is -2.46. The number of pyridine rings is 1. The molecule has 1 aliphatic rings. The van der Waals surface area contributed by atoms with Gasteiger partial charge in [0.25, 0.3) is 5.91 Å². The van der Waals surface area contributed by atoms with Crippen molar-refractivity contribution in [2.45, 2.75) is 18.9 Å². The Hall–Kier alpha value is -2.62. The summed E-state index contributed by atoms with van der Waals surface area (Å²) in [5, 5.41) is 11.7. The fourth-order valence-corrected chi connectivity index (χ4v) is 3.17. The number of aromatic nitrogens is 1. The monoisotopic (exact) mass is 374 g/mol. The second kappa shape index (κ2) is 6.36. The summed E-state index contributed by atoms with van der Waals surface area (Å²) >= 11 is 11.7. The van der Waals surface area contributed by atoms with E-state index in [-0.39, 0.29) is 22.4 Å². The molecule has 2 heterocycles. The molecule has 0 bridgehead atoms. The summed E-state index contributed by atoms with van der Waals surface area (Å²) in [4.78, 5) is 30.0. The first-order chi connectivity index (χ1) is 11.8. The molecule has 0 saturated carbocycles. The van der Waals surface area contributed by atoms with Gasteiger partial charge in [-0.15, -0.1) is 0 Å². The van der Waals surface area contributed by atoms with Gasteiger partial charge in [0.2, 0.25) is 0 Å². The third-order valence-corrected chi connectivity index (χ3v) is 4.29. The van der Waals surface area contributed by atoms with Crippen LogP contribution in [0.2, 0.25) is 10.3 Å². The Morgan fingerprint density at radius 1 is 1.20 bits per heavy atom. The van der Waals surface area contributed by atoms with E-state index in [9.17, 15) is 9.59 Å². The van der Waals surface area contributed by atoms with E-state index < -0.39 is 17.5 Å². The highest BCUT2D eigenvalue weighted by Crippen LogP contribution is 2.30. The second-order valence-electron chi connectivity index (χ2n) is 5.86. The molecule has 1 fully saturated rings. The number of benzene rings is 1. The van der Waals surface area contributed by atoms with Crippen molar-refractivity contribution in [3.8, 4) is 6.07 Å². The Bertz CT molecular complexity index is 888. The number of nitrogens with one attached hydrogen (secondary N) is 1. The molecule has 1 saturated heterocycles. The summed E-state index contributed by atoms with van der Waals surface area (Å²) in [6, 6.07) is 11.1. The van der Waals surface area contributed by atoms with Gasteiger partial charge < -0.3 is 5.32 Å². The van der Waals surface area contributed by atoms with Crippen LogP contribution in [0.25, 0.3) is 0 Å². The minimum atomic E-state index is -1.12. The number of rotatable bonds is 3. The Morgan fingerprint density at radius 2 is 1.80 bits per heavy atom. The fraction of sp³-hybridized carbons (Fsp3) is 0.176. The summed E-state index contributed by atoms with van der Waals surface area (Å²) in [5.74, 6) is -0.416. The van der Waals surface area contributed by atoms with Gasteiger partial charge in [-0.2, -0.15) is 5.26 Å². The van der Waals surface area contributed by atoms with Crippen molar-refractivity contribution in [2.75, 3.05) is 4.90 Å². The average Bonchev–Trinajstić information content (AvgIpc) is 2.76. The number of amides is 3. The van der Waals surface area contributed by atoms with Crippen molar-refractivity contribution in [3.63, 3.8) is 0 Å². The maximum absolute atomic E-state index is 12.9. The number of carbonyl (C=O) groups excluding carboxylic acids is 2. The van der Waals surface area contributed by atoms with Crippen molar-refractivity contribution in [3.05, 3.63) is 57.8 Å². The zero-order valence-electron chi connectivity index (χ0n) is 13.1. The molecule has 0 radical (unpaired) electrons. The molecule has 6 nitrogen and oxygen atoms in total. The van der Waals surface area contributed by atoms with E-state index in [0.717, 1.165) is 10.5 Å². The van der Waals surface area contributed by atoms with Crippen molar-refractivity contribution in [1.29, 1.82) is 5.26 Å². The minimum Gasteiger partial charge on any atom is -0.323 e. The Balaban J connectivity index is 1.90. The molecule has 1 N–H and O–H groups in total. The number of urea groups is 1. The number of imide groups is 1. The molecule has 1 aliphatic heterocycles. The lowest BCUT2D eigenvalue weighted by atomic mass is 9.92. The van der Waals surface area contributed by atoms with Crippen molar-refractivity contribution in [1.82, 2.24) is 10.3 Å². The Morgan fingerprint density at radius 3 is 2.36 bits per heavy atom.